The third-order valence-electron chi connectivity index (χ3n) is 11.0. The Morgan fingerprint density at radius 3 is 1.94 bits per heavy atom. The van der Waals surface area contributed by atoms with Gasteiger partial charge in [-0.25, -0.2) is 4.98 Å². The molecule has 0 fully saturated rings. The first kappa shape index (κ1) is 30.5. The highest BCUT2D eigenvalue weighted by Crippen LogP contribution is 2.46. The quantitative estimate of drug-likeness (QED) is 0.134. The first-order chi connectivity index (χ1) is 26.1. The van der Waals surface area contributed by atoms with Crippen molar-refractivity contribution in [2.75, 3.05) is 0 Å². The van der Waals surface area contributed by atoms with E-state index in [0.29, 0.717) is 0 Å². The van der Waals surface area contributed by atoms with Crippen molar-refractivity contribution in [1.29, 1.82) is 0 Å². The monoisotopic (exact) mass is 710 g/mol. The Kier molecular flexibility index (Phi) is 6.73. The van der Waals surface area contributed by atoms with Crippen molar-refractivity contribution >= 4 is 104 Å². The van der Waals surface area contributed by atoms with Crippen molar-refractivity contribution in [1.82, 2.24) is 9.38 Å². The second-order valence-corrected chi connectivity index (χ2v) is 18.3. The summed E-state index contributed by atoms with van der Waals surface area (Å²) in [6.07, 6.45) is 0. The standard InChI is InChI=1S/C49H31N2PS/c53-52(38-14-2-1-3-15-38,47-20-10-13-32-11-4-6-16-40(32)47)39-26-23-35-29-34(21-22-36(35)30-39)37-25-27-42-43-28-24-33-12-5-7-17-41(33)48(43)49-50-44-18-8-9-19-45(44)51(49)46(42)31-37/h1-31H. The Morgan fingerprint density at radius 2 is 1.06 bits per heavy atom. The molecular weight excluding hydrogens is 680 g/mol. The number of rotatable bonds is 4. The third kappa shape index (κ3) is 4.58. The van der Waals surface area contributed by atoms with Gasteiger partial charge >= 0.3 is 0 Å². The number of para-hydroxylation sites is 2. The highest BCUT2D eigenvalue weighted by Gasteiger charge is 2.27. The van der Waals surface area contributed by atoms with Crippen molar-refractivity contribution in [3.8, 4) is 11.1 Å². The molecule has 4 heteroatoms. The molecular formula is C49H31N2PS. The van der Waals surface area contributed by atoms with E-state index >= 15 is 0 Å². The SMILES string of the molecule is S=P(c1ccccc1)(c1ccc2cc(-c3ccc4c5ccc6ccccc6c5c5nc6ccccc6n5c4c3)ccc2c1)c1cccc2ccccc12. The van der Waals surface area contributed by atoms with E-state index < -0.39 is 6.04 Å². The Hall–Kier alpha value is -6.12. The maximum Gasteiger partial charge on any atom is 0.147 e. The Balaban J connectivity index is 1.10. The molecule has 0 spiro atoms. The van der Waals surface area contributed by atoms with Crippen LogP contribution in [0.3, 0.4) is 0 Å². The Morgan fingerprint density at radius 1 is 0.415 bits per heavy atom. The first-order valence-electron chi connectivity index (χ1n) is 18.0. The minimum Gasteiger partial charge on any atom is -0.292 e. The second-order valence-electron chi connectivity index (χ2n) is 13.9. The molecule has 0 bridgehead atoms. The van der Waals surface area contributed by atoms with Crippen LogP contribution in [-0.2, 0) is 11.8 Å². The van der Waals surface area contributed by atoms with Gasteiger partial charge in [0.15, 0.2) is 0 Å². The summed E-state index contributed by atoms with van der Waals surface area (Å²) in [7, 11) is 0. The summed E-state index contributed by atoms with van der Waals surface area (Å²) in [6, 6.07) is 65.8. The van der Waals surface area contributed by atoms with Gasteiger partial charge in [0, 0.05) is 22.1 Å². The van der Waals surface area contributed by atoms with E-state index in [4.69, 9.17) is 16.8 Å². The fourth-order valence-electron chi connectivity index (χ4n) is 8.46. The lowest BCUT2D eigenvalue weighted by Crippen LogP contribution is -2.25. The van der Waals surface area contributed by atoms with E-state index in [-0.39, 0.29) is 0 Å². The predicted octanol–water partition coefficient (Wildman–Crippen LogP) is 11.7. The number of pyridine rings is 1. The van der Waals surface area contributed by atoms with E-state index in [1.807, 2.05) is 0 Å². The molecule has 248 valence electrons. The normalized spacial score (nSPS) is 13.1. The van der Waals surface area contributed by atoms with Crippen LogP contribution in [0.2, 0.25) is 0 Å². The van der Waals surface area contributed by atoms with Gasteiger partial charge in [-0.2, -0.15) is 0 Å². The molecule has 53 heavy (non-hydrogen) atoms. The van der Waals surface area contributed by atoms with Crippen LogP contribution in [0.15, 0.2) is 188 Å². The molecule has 2 heterocycles. The van der Waals surface area contributed by atoms with Crippen LogP contribution < -0.4 is 15.9 Å². The van der Waals surface area contributed by atoms with Gasteiger partial charge in [0.25, 0.3) is 0 Å². The fraction of sp³-hybridized carbons (Fsp3) is 0. The molecule has 0 saturated carbocycles. The maximum atomic E-state index is 6.87. The molecule has 0 N–H and O–H groups in total. The molecule has 0 aliphatic heterocycles. The zero-order valence-electron chi connectivity index (χ0n) is 28.6. The van der Waals surface area contributed by atoms with Crippen LogP contribution in [0.4, 0.5) is 0 Å². The molecule has 0 radical (unpaired) electrons. The molecule has 9 aromatic carbocycles. The summed E-state index contributed by atoms with van der Waals surface area (Å²) in [4.78, 5) is 5.23. The molecule has 0 aliphatic rings. The average Bonchev–Trinajstić information content (AvgIpc) is 3.62. The molecule has 11 rings (SSSR count). The van der Waals surface area contributed by atoms with Crippen molar-refractivity contribution in [3.05, 3.63) is 188 Å². The highest BCUT2D eigenvalue weighted by atomic mass is 32.4. The second kappa shape index (κ2) is 11.7. The zero-order valence-corrected chi connectivity index (χ0v) is 30.4. The number of imidazole rings is 1. The fourth-order valence-corrected chi connectivity index (χ4v) is 12.5. The largest absolute Gasteiger partial charge is 0.292 e. The van der Waals surface area contributed by atoms with Crippen LogP contribution >= 0.6 is 6.04 Å². The summed E-state index contributed by atoms with van der Waals surface area (Å²) >= 11 is 6.87. The minimum atomic E-state index is -2.37. The lowest BCUT2D eigenvalue weighted by atomic mass is 9.96. The van der Waals surface area contributed by atoms with E-state index in [9.17, 15) is 0 Å². The van der Waals surface area contributed by atoms with E-state index in [1.165, 1.54) is 75.5 Å². The smallest absolute Gasteiger partial charge is 0.147 e. The number of hydrogen-bond acceptors (Lipinski definition) is 2. The summed E-state index contributed by atoms with van der Waals surface area (Å²) in [5.74, 6) is 0. The number of benzene rings is 9. The minimum absolute atomic E-state index is 0.994. The van der Waals surface area contributed by atoms with Gasteiger partial charge in [0.05, 0.1) is 16.6 Å². The van der Waals surface area contributed by atoms with E-state index in [1.54, 1.807) is 0 Å². The summed E-state index contributed by atoms with van der Waals surface area (Å²) < 4.78 is 2.36. The molecule has 0 aliphatic carbocycles. The Labute approximate surface area is 311 Å². The van der Waals surface area contributed by atoms with E-state index in [2.05, 4.69) is 192 Å². The lowest BCUT2D eigenvalue weighted by Gasteiger charge is -2.26. The average molecular weight is 711 g/mol. The summed E-state index contributed by atoms with van der Waals surface area (Å²) in [5.41, 5.74) is 6.62. The van der Waals surface area contributed by atoms with Crippen LogP contribution in [0.1, 0.15) is 0 Å². The van der Waals surface area contributed by atoms with Crippen LogP contribution in [0.25, 0.3) is 81.8 Å². The molecule has 0 amide bonds. The molecule has 2 nitrogen and oxygen atoms in total. The molecule has 11 aromatic rings. The number of nitrogens with zero attached hydrogens (tertiary/aromatic N) is 2. The van der Waals surface area contributed by atoms with Gasteiger partial charge in [-0.3, -0.25) is 4.40 Å². The van der Waals surface area contributed by atoms with Gasteiger partial charge in [-0.05, 0) is 89.8 Å². The molecule has 1 atom stereocenters. The van der Waals surface area contributed by atoms with Crippen LogP contribution in [0, 0.1) is 0 Å². The number of fused-ring (bicyclic) bond motifs is 12. The van der Waals surface area contributed by atoms with Crippen molar-refractivity contribution < 1.29 is 0 Å². The van der Waals surface area contributed by atoms with Gasteiger partial charge in [0.1, 0.15) is 5.65 Å². The predicted molar refractivity (Wildman–Crippen MR) is 232 cm³/mol. The van der Waals surface area contributed by atoms with Crippen molar-refractivity contribution in [3.63, 3.8) is 0 Å². The van der Waals surface area contributed by atoms with E-state index in [0.717, 1.165) is 22.2 Å². The van der Waals surface area contributed by atoms with Gasteiger partial charge in [-0.1, -0.05) is 170 Å². The molecule has 1 unspecified atom stereocenters. The first-order valence-corrected chi connectivity index (χ1v) is 20.8. The van der Waals surface area contributed by atoms with Crippen molar-refractivity contribution in [2.24, 2.45) is 0 Å². The maximum absolute atomic E-state index is 6.87. The van der Waals surface area contributed by atoms with Gasteiger partial charge in [0.2, 0.25) is 0 Å². The number of hydrogen-bond donors (Lipinski definition) is 0. The third-order valence-corrected chi connectivity index (χ3v) is 15.9. The molecule has 2 aromatic heterocycles. The summed E-state index contributed by atoms with van der Waals surface area (Å²) in [6.45, 7) is 0. The summed E-state index contributed by atoms with van der Waals surface area (Å²) in [5, 5.41) is 14.6. The zero-order chi connectivity index (χ0) is 35.1. The topological polar surface area (TPSA) is 17.3 Å². The van der Waals surface area contributed by atoms with Crippen LogP contribution in [-0.4, -0.2) is 9.38 Å². The number of aromatic nitrogens is 2. The van der Waals surface area contributed by atoms with Gasteiger partial charge in [-0.15, -0.1) is 0 Å². The van der Waals surface area contributed by atoms with Crippen molar-refractivity contribution in [2.45, 2.75) is 0 Å². The van der Waals surface area contributed by atoms with Gasteiger partial charge < -0.3 is 0 Å². The molecule has 0 saturated heterocycles. The highest BCUT2D eigenvalue weighted by molar-refractivity contribution is 8.25. The van der Waals surface area contributed by atoms with Crippen LogP contribution in [0.5, 0.6) is 0 Å². The Bertz CT molecular complexity index is 3320. The lowest BCUT2D eigenvalue weighted by molar-refractivity contribution is 1.32.